The minimum atomic E-state index is 0.947. The molecule has 2 heteroatoms. The molecule has 8 rings (SSSR count). The summed E-state index contributed by atoms with van der Waals surface area (Å²) in [5, 5.41) is 0. The van der Waals surface area contributed by atoms with Gasteiger partial charge in [0.25, 0.3) is 0 Å². The van der Waals surface area contributed by atoms with Crippen LogP contribution in [-0.4, -0.2) is 0 Å². The first-order valence-corrected chi connectivity index (χ1v) is 21.4. The van der Waals surface area contributed by atoms with Crippen molar-refractivity contribution in [1.82, 2.24) is 0 Å². The average Bonchev–Trinajstić information content (AvgIpc) is 3.30. The molecule has 0 aromatic heterocycles. The quantitative estimate of drug-likeness (QED) is 0.101. The molecule has 0 amide bonds. The molecule has 0 aliphatic rings. The number of aryl methyl sites for hydroxylation is 6. The third-order valence-corrected chi connectivity index (χ3v) is 11.5. The van der Waals surface area contributed by atoms with Gasteiger partial charge in [0.15, 0.2) is 0 Å². The van der Waals surface area contributed by atoms with Crippen molar-refractivity contribution in [1.29, 1.82) is 0 Å². The van der Waals surface area contributed by atoms with E-state index in [0.29, 0.717) is 0 Å². The predicted octanol–water partition coefficient (Wildman–Crippen LogP) is 16.0. The summed E-state index contributed by atoms with van der Waals surface area (Å²) < 4.78 is 0. The molecule has 0 aliphatic heterocycles. The van der Waals surface area contributed by atoms with E-state index in [1.54, 1.807) is 0 Å². The molecule has 0 spiro atoms. The van der Waals surface area contributed by atoms with Crippen LogP contribution in [0.2, 0.25) is 0 Å². The van der Waals surface area contributed by atoms with Gasteiger partial charge in [-0.25, -0.2) is 0 Å². The summed E-state index contributed by atoms with van der Waals surface area (Å²) in [6.45, 7) is 8.95. The lowest BCUT2D eigenvalue weighted by atomic mass is 9.99. The Morgan fingerprint density at radius 2 is 0.800 bits per heavy atom. The molecule has 296 valence electrons. The Bertz CT molecular complexity index is 2680. The van der Waals surface area contributed by atoms with Gasteiger partial charge in [0, 0.05) is 22.7 Å². The maximum atomic E-state index is 2.46. The number of hydrogen-bond donors (Lipinski definition) is 0. The zero-order valence-electron chi connectivity index (χ0n) is 35.4. The highest BCUT2D eigenvalue weighted by Gasteiger charge is 2.20. The van der Waals surface area contributed by atoms with Gasteiger partial charge < -0.3 is 9.80 Å². The molecule has 0 N–H and O–H groups in total. The van der Waals surface area contributed by atoms with Crippen LogP contribution >= 0.6 is 0 Å². The van der Waals surface area contributed by atoms with Crippen LogP contribution in [0.4, 0.5) is 34.1 Å². The van der Waals surface area contributed by atoms with Gasteiger partial charge in [0.2, 0.25) is 0 Å². The van der Waals surface area contributed by atoms with Crippen molar-refractivity contribution in [3.05, 3.63) is 239 Å². The highest BCUT2D eigenvalue weighted by Crippen LogP contribution is 2.42. The lowest BCUT2D eigenvalue weighted by Gasteiger charge is -2.30. The second-order valence-corrected chi connectivity index (χ2v) is 15.6. The molecular weight excluding hydrogens is 725 g/mol. The van der Waals surface area contributed by atoms with Crippen molar-refractivity contribution < 1.29 is 0 Å². The van der Waals surface area contributed by atoms with Gasteiger partial charge in [-0.05, 0) is 144 Å². The Hall–Kier alpha value is -6.90. The molecule has 0 saturated carbocycles. The molecule has 2 nitrogen and oxygen atoms in total. The zero-order valence-corrected chi connectivity index (χ0v) is 35.4. The van der Waals surface area contributed by atoms with Gasteiger partial charge in [-0.3, -0.25) is 0 Å². The Labute approximate surface area is 357 Å². The fourth-order valence-electron chi connectivity index (χ4n) is 8.38. The minimum Gasteiger partial charge on any atom is -0.310 e. The third-order valence-electron chi connectivity index (χ3n) is 11.5. The minimum absolute atomic E-state index is 0.947. The number of nitrogens with zero attached hydrogens (tertiary/aromatic N) is 2. The average molecular weight is 779 g/mol. The second-order valence-electron chi connectivity index (χ2n) is 15.6. The van der Waals surface area contributed by atoms with Crippen LogP contribution in [-0.2, 0) is 25.7 Å². The van der Waals surface area contributed by atoms with Crippen molar-refractivity contribution in [2.45, 2.75) is 53.4 Å². The molecule has 0 radical (unpaired) electrons. The van der Waals surface area contributed by atoms with E-state index in [4.69, 9.17) is 0 Å². The smallest absolute Gasteiger partial charge is 0.0522 e. The Morgan fingerprint density at radius 1 is 0.367 bits per heavy atom. The van der Waals surface area contributed by atoms with E-state index in [1.807, 2.05) is 0 Å². The van der Waals surface area contributed by atoms with Crippen molar-refractivity contribution >= 4 is 46.3 Å². The monoisotopic (exact) mass is 778 g/mol. The number of anilines is 6. The van der Waals surface area contributed by atoms with Gasteiger partial charge in [0.05, 0.1) is 11.4 Å². The first-order valence-electron chi connectivity index (χ1n) is 21.4. The number of hydrogen-bond acceptors (Lipinski definition) is 2. The second kappa shape index (κ2) is 18.8. The molecule has 8 aromatic carbocycles. The van der Waals surface area contributed by atoms with Gasteiger partial charge in [-0.15, -0.1) is 0 Å². The van der Waals surface area contributed by atoms with Crippen LogP contribution in [0.15, 0.2) is 194 Å². The van der Waals surface area contributed by atoms with E-state index in [1.165, 1.54) is 67.1 Å². The summed E-state index contributed by atoms with van der Waals surface area (Å²) in [5.41, 5.74) is 19.7. The highest BCUT2D eigenvalue weighted by molar-refractivity contribution is 5.85. The normalized spacial score (nSPS) is 11.2. The fourth-order valence-corrected chi connectivity index (χ4v) is 8.38. The molecule has 0 saturated heterocycles. The molecule has 0 heterocycles. The summed E-state index contributed by atoms with van der Waals surface area (Å²) in [6, 6.07) is 70.8. The third kappa shape index (κ3) is 9.04. The van der Waals surface area contributed by atoms with Crippen molar-refractivity contribution in [2.75, 3.05) is 9.80 Å². The summed E-state index contributed by atoms with van der Waals surface area (Å²) >= 11 is 0. The van der Waals surface area contributed by atoms with Gasteiger partial charge >= 0.3 is 0 Å². The zero-order chi connectivity index (χ0) is 41.3. The van der Waals surface area contributed by atoms with Gasteiger partial charge in [-0.1, -0.05) is 172 Å². The topological polar surface area (TPSA) is 6.48 Å². The summed E-state index contributed by atoms with van der Waals surface area (Å²) in [7, 11) is 0. The highest BCUT2D eigenvalue weighted by atomic mass is 15.2. The van der Waals surface area contributed by atoms with Crippen molar-refractivity contribution in [3.8, 4) is 11.1 Å². The van der Waals surface area contributed by atoms with E-state index in [9.17, 15) is 0 Å². The first-order chi connectivity index (χ1) is 29.5. The molecule has 0 bridgehead atoms. The van der Waals surface area contributed by atoms with Gasteiger partial charge in [0.1, 0.15) is 0 Å². The SMILES string of the molecule is CCc1cccc(C)c1N(c1ccc(-c2ccc(N(c3cccc(CCc4ccccc4)c3)c3c(C)cccc3CC)cc2)cc1)c1cccc(/C=C/c2ccccc2)c1. The van der Waals surface area contributed by atoms with Crippen LogP contribution in [0, 0.1) is 13.8 Å². The van der Waals surface area contributed by atoms with E-state index >= 15 is 0 Å². The Balaban J connectivity index is 1.12. The largest absolute Gasteiger partial charge is 0.310 e. The first kappa shape index (κ1) is 39.9. The van der Waals surface area contributed by atoms with Crippen LogP contribution in [0.1, 0.15) is 58.4 Å². The molecule has 8 aromatic rings. The molecule has 60 heavy (non-hydrogen) atoms. The van der Waals surface area contributed by atoms with E-state index in [-0.39, 0.29) is 0 Å². The van der Waals surface area contributed by atoms with Crippen LogP contribution in [0.3, 0.4) is 0 Å². The predicted molar refractivity (Wildman–Crippen MR) is 259 cm³/mol. The van der Waals surface area contributed by atoms with Crippen LogP contribution < -0.4 is 9.80 Å². The van der Waals surface area contributed by atoms with E-state index < -0.39 is 0 Å². The number of para-hydroxylation sites is 2. The molecule has 0 aliphatic carbocycles. The van der Waals surface area contributed by atoms with Crippen LogP contribution in [0.25, 0.3) is 23.3 Å². The van der Waals surface area contributed by atoms with Crippen molar-refractivity contribution in [2.24, 2.45) is 0 Å². The maximum Gasteiger partial charge on any atom is 0.0522 e. The van der Waals surface area contributed by atoms with Crippen molar-refractivity contribution in [3.63, 3.8) is 0 Å². The molecule has 0 unspecified atom stereocenters. The standard InChI is InChI=1S/C58H54N2/c1-5-49-25-13-17-43(3)57(49)59(55-27-15-23-47(41-55)31-29-45-19-9-7-10-20-45)53-37-33-51(34-38-53)52-35-39-54(40-36-52)60(58-44(4)18-14-26-50(58)6-2)56-28-16-24-48(42-56)32-30-46-21-11-8-12-22-46/h7-29,31,33-42H,5-6,30,32H2,1-4H3/b31-29+. The molecule has 0 atom stereocenters. The van der Waals surface area contributed by atoms with E-state index in [2.05, 4.69) is 244 Å². The fraction of sp³-hybridized carbons (Fsp3) is 0.138. The number of rotatable bonds is 14. The lowest BCUT2D eigenvalue weighted by molar-refractivity contribution is 0.959. The van der Waals surface area contributed by atoms with E-state index in [0.717, 1.165) is 48.3 Å². The Kier molecular flexibility index (Phi) is 12.5. The van der Waals surface area contributed by atoms with Crippen LogP contribution in [0.5, 0.6) is 0 Å². The maximum absolute atomic E-state index is 2.46. The summed E-state index contributed by atoms with van der Waals surface area (Å²) in [5.74, 6) is 0. The molecule has 0 fully saturated rings. The van der Waals surface area contributed by atoms with Gasteiger partial charge in [-0.2, -0.15) is 0 Å². The summed E-state index contributed by atoms with van der Waals surface area (Å²) in [4.78, 5) is 4.89. The lowest BCUT2D eigenvalue weighted by Crippen LogP contribution is -2.14. The Morgan fingerprint density at radius 3 is 1.35 bits per heavy atom. The number of benzene rings is 8. The summed E-state index contributed by atoms with van der Waals surface area (Å²) in [6.07, 6.45) is 8.30. The molecular formula is C58H54N2.